The smallest absolute Gasteiger partial charge is 0.0876 e. The molecule has 17 heavy (non-hydrogen) atoms. The normalized spacial score (nSPS) is 11.6. The Morgan fingerprint density at radius 1 is 0.824 bits per heavy atom. The molecule has 0 spiro atoms. The molecule has 0 radical (unpaired) electrons. The first-order chi connectivity index (χ1) is 7.93. The standard InChI is InChI=1S/C10H7Br7/c11-2-6-4(9(14)15)1-5(10(16)17)7(3-12)8(6)13/h1,9-10H,2-3H2. The second-order valence-electron chi connectivity index (χ2n) is 3.19. The van der Waals surface area contributed by atoms with Gasteiger partial charge < -0.3 is 0 Å². The van der Waals surface area contributed by atoms with Crippen molar-refractivity contribution >= 4 is 112 Å². The maximum atomic E-state index is 3.70. The molecule has 0 aliphatic heterocycles. The molecule has 0 heterocycles. The minimum Gasteiger partial charge on any atom is -0.0876 e. The van der Waals surface area contributed by atoms with Gasteiger partial charge in [-0.25, -0.2) is 0 Å². The topological polar surface area (TPSA) is 0 Å². The summed E-state index contributed by atoms with van der Waals surface area (Å²) in [5, 5.41) is 1.62. The van der Waals surface area contributed by atoms with Gasteiger partial charge in [-0.1, -0.05) is 118 Å². The molecule has 0 unspecified atom stereocenters. The van der Waals surface area contributed by atoms with Crippen molar-refractivity contribution in [2.45, 2.75) is 18.1 Å². The summed E-state index contributed by atoms with van der Waals surface area (Å²) in [7, 11) is 0. The maximum Gasteiger partial charge on any atom is 0.0949 e. The largest absolute Gasteiger partial charge is 0.0949 e. The molecule has 0 aliphatic carbocycles. The fourth-order valence-corrected chi connectivity index (χ4v) is 5.77. The predicted octanol–water partition coefficient (Wildman–Crippen LogP) is 7.82. The Bertz CT molecular complexity index is 366. The fourth-order valence-electron chi connectivity index (χ4n) is 1.44. The average Bonchev–Trinajstić information content (AvgIpc) is 2.27. The summed E-state index contributed by atoms with van der Waals surface area (Å²) in [4.78, 5) is 0. The van der Waals surface area contributed by atoms with E-state index in [2.05, 4.69) is 118 Å². The summed E-state index contributed by atoms with van der Waals surface area (Å²) in [6.45, 7) is 0. The molecule has 1 aromatic rings. The second kappa shape index (κ2) is 8.13. The lowest BCUT2D eigenvalue weighted by atomic mass is 10.0. The third-order valence-corrected chi connectivity index (χ3v) is 6.33. The summed E-state index contributed by atoms with van der Waals surface area (Å²) in [5.41, 5.74) is 4.94. The van der Waals surface area contributed by atoms with Crippen LogP contribution in [0.15, 0.2) is 10.5 Å². The summed E-state index contributed by atoms with van der Waals surface area (Å²) in [6.07, 6.45) is 0. The van der Waals surface area contributed by atoms with E-state index in [0.717, 1.165) is 15.1 Å². The van der Waals surface area contributed by atoms with E-state index in [1.807, 2.05) is 0 Å². The Hall–Kier alpha value is 2.58. The van der Waals surface area contributed by atoms with Crippen LogP contribution < -0.4 is 0 Å². The zero-order valence-corrected chi connectivity index (χ0v) is 19.4. The highest BCUT2D eigenvalue weighted by molar-refractivity contribution is 9.24. The number of halogens is 7. The van der Waals surface area contributed by atoms with Gasteiger partial charge in [0.1, 0.15) is 0 Å². The summed E-state index contributed by atoms with van der Waals surface area (Å²) in [5.74, 6) is 0. The Balaban J connectivity index is 3.54. The zero-order chi connectivity index (χ0) is 13.2. The van der Waals surface area contributed by atoms with Crippen LogP contribution in [0.5, 0.6) is 0 Å². The van der Waals surface area contributed by atoms with Crippen LogP contribution in [0, 0.1) is 0 Å². The van der Waals surface area contributed by atoms with Crippen LogP contribution in [-0.4, -0.2) is 0 Å². The van der Waals surface area contributed by atoms with E-state index < -0.39 is 0 Å². The Kier molecular flexibility index (Phi) is 8.43. The molecule has 0 aromatic heterocycles. The molecule has 0 aliphatic rings. The SMILES string of the molecule is BrCc1c(C(Br)Br)cc(C(Br)Br)c(CBr)c1Br. The molecular formula is C10H7Br7. The van der Waals surface area contributed by atoms with Crippen molar-refractivity contribution < 1.29 is 0 Å². The fraction of sp³-hybridized carbons (Fsp3) is 0.400. The Morgan fingerprint density at radius 3 is 1.41 bits per heavy atom. The first-order valence-electron chi connectivity index (χ1n) is 4.46. The van der Waals surface area contributed by atoms with Crippen LogP contribution >= 0.6 is 112 Å². The van der Waals surface area contributed by atoms with Crippen molar-refractivity contribution in [2.24, 2.45) is 0 Å². The summed E-state index contributed by atoms with van der Waals surface area (Å²) >= 11 is 25.1. The summed E-state index contributed by atoms with van der Waals surface area (Å²) < 4.78 is 1.42. The first kappa shape index (κ1) is 17.6. The van der Waals surface area contributed by atoms with Gasteiger partial charge in [-0.3, -0.25) is 0 Å². The van der Waals surface area contributed by atoms with E-state index in [0.29, 0.717) is 0 Å². The molecule has 0 amide bonds. The molecule has 7 heteroatoms. The van der Waals surface area contributed by atoms with E-state index in [1.165, 1.54) is 22.3 Å². The van der Waals surface area contributed by atoms with Gasteiger partial charge in [0.15, 0.2) is 0 Å². The molecule has 0 atom stereocenters. The van der Waals surface area contributed by atoms with E-state index in [9.17, 15) is 0 Å². The maximum absolute atomic E-state index is 3.70. The van der Waals surface area contributed by atoms with E-state index in [4.69, 9.17) is 0 Å². The highest BCUT2D eigenvalue weighted by Gasteiger charge is 2.20. The Labute approximate surface area is 160 Å². The van der Waals surface area contributed by atoms with Crippen LogP contribution in [0.4, 0.5) is 0 Å². The summed E-state index contributed by atoms with van der Waals surface area (Å²) in [6, 6.07) is 2.19. The van der Waals surface area contributed by atoms with Gasteiger partial charge in [0, 0.05) is 15.1 Å². The Morgan fingerprint density at radius 2 is 1.18 bits per heavy atom. The van der Waals surface area contributed by atoms with Gasteiger partial charge in [-0.15, -0.1) is 0 Å². The lowest BCUT2D eigenvalue weighted by Gasteiger charge is -2.19. The van der Waals surface area contributed by atoms with Crippen molar-refractivity contribution in [3.63, 3.8) is 0 Å². The number of alkyl halides is 6. The van der Waals surface area contributed by atoms with E-state index in [-0.39, 0.29) is 7.47 Å². The quantitative estimate of drug-likeness (QED) is 0.284. The molecule has 0 nitrogen and oxygen atoms in total. The van der Waals surface area contributed by atoms with Crippen LogP contribution in [0.3, 0.4) is 0 Å². The minimum atomic E-state index is 0.140. The van der Waals surface area contributed by atoms with Gasteiger partial charge >= 0.3 is 0 Å². The van der Waals surface area contributed by atoms with Gasteiger partial charge in [0.05, 0.1) is 7.47 Å². The minimum absolute atomic E-state index is 0.140. The molecule has 0 fully saturated rings. The number of benzene rings is 1. The van der Waals surface area contributed by atoms with Crippen LogP contribution in [-0.2, 0) is 10.7 Å². The highest BCUT2D eigenvalue weighted by Crippen LogP contribution is 2.44. The third-order valence-electron chi connectivity index (χ3n) is 2.28. The zero-order valence-electron chi connectivity index (χ0n) is 8.29. The first-order valence-corrected chi connectivity index (χ1v) is 11.2. The van der Waals surface area contributed by atoms with Gasteiger partial charge in [0.25, 0.3) is 0 Å². The van der Waals surface area contributed by atoms with Crippen molar-refractivity contribution in [1.82, 2.24) is 0 Å². The van der Waals surface area contributed by atoms with Crippen molar-refractivity contribution in [3.05, 3.63) is 32.8 Å². The molecule has 0 saturated heterocycles. The number of hydrogen-bond acceptors (Lipinski definition) is 0. The number of hydrogen-bond donors (Lipinski definition) is 0. The van der Waals surface area contributed by atoms with Crippen molar-refractivity contribution in [3.8, 4) is 0 Å². The molecule has 96 valence electrons. The lowest BCUT2D eigenvalue weighted by molar-refractivity contribution is 1.17. The lowest BCUT2D eigenvalue weighted by Crippen LogP contribution is -2.01. The van der Waals surface area contributed by atoms with Gasteiger partial charge in [0.2, 0.25) is 0 Å². The molecule has 0 bridgehead atoms. The monoisotopic (exact) mass is 679 g/mol. The van der Waals surface area contributed by atoms with Crippen molar-refractivity contribution in [2.75, 3.05) is 0 Å². The molecule has 0 N–H and O–H groups in total. The molecule has 1 rings (SSSR count). The molecule has 0 saturated carbocycles. The molecular weight excluding hydrogens is 679 g/mol. The van der Waals surface area contributed by atoms with E-state index >= 15 is 0 Å². The van der Waals surface area contributed by atoms with E-state index in [1.54, 1.807) is 0 Å². The van der Waals surface area contributed by atoms with Crippen LogP contribution in [0.2, 0.25) is 0 Å². The van der Waals surface area contributed by atoms with Crippen molar-refractivity contribution in [1.29, 1.82) is 0 Å². The van der Waals surface area contributed by atoms with Crippen LogP contribution in [0.1, 0.15) is 29.7 Å². The second-order valence-corrected chi connectivity index (χ2v) is 11.2. The highest BCUT2D eigenvalue weighted by atomic mass is 79.9. The number of rotatable bonds is 4. The average molecular weight is 686 g/mol. The van der Waals surface area contributed by atoms with Crippen LogP contribution in [0.25, 0.3) is 0 Å². The van der Waals surface area contributed by atoms with Gasteiger partial charge in [-0.2, -0.15) is 0 Å². The van der Waals surface area contributed by atoms with Gasteiger partial charge in [-0.05, 0) is 22.3 Å². The molecule has 1 aromatic carbocycles. The predicted molar refractivity (Wildman–Crippen MR) is 101 cm³/mol. The third kappa shape index (κ3) is 4.27.